The molecule has 1 N–H and O–H groups in total. The summed E-state index contributed by atoms with van der Waals surface area (Å²) in [6.07, 6.45) is 0.920. The molecule has 0 atom stereocenters. The maximum atomic E-state index is 11.1. The van der Waals surface area contributed by atoms with Gasteiger partial charge in [-0.1, -0.05) is 20.8 Å². The second-order valence-corrected chi connectivity index (χ2v) is 8.01. The number of ether oxygens (including phenoxy) is 1. The summed E-state index contributed by atoms with van der Waals surface area (Å²) < 4.78 is 6.58. The molecule has 0 aliphatic carbocycles. The van der Waals surface area contributed by atoms with Gasteiger partial charge in [-0.15, -0.1) is 11.3 Å². The molecule has 0 aliphatic rings. The lowest BCUT2D eigenvalue weighted by molar-refractivity contribution is -0.152. The molecule has 0 bridgehead atoms. The molecule has 21 heavy (non-hydrogen) atoms. The van der Waals surface area contributed by atoms with Crippen LogP contribution in [-0.2, 0) is 11.2 Å². The first-order valence-corrected chi connectivity index (χ1v) is 7.70. The minimum Gasteiger partial charge on any atom is -0.478 e. The Morgan fingerprint density at radius 1 is 1.29 bits per heavy atom. The molecule has 2 rings (SSSR count). The van der Waals surface area contributed by atoms with Gasteiger partial charge in [0.1, 0.15) is 5.75 Å². The van der Waals surface area contributed by atoms with Gasteiger partial charge in [-0.05, 0) is 37.5 Å². The van der Waals surface area contributed by atoms with Crippen LogP contribution in [0, 0.1) is 5.41 Å². The molecule has 0 saturated heterocycles. The van der Waals surface area contributed by atoms with Gasteiger partial charge in [0.25, 0.3) is 0 Å². The van der Waals surface area contributed by atoms with Crippen molar-refractivity contribution in [3.05, 3.63) is 23.2 Å². The van der Waals surface area contributed by atoms with E-state index in [1.165, 1.54) is 13.8 Å². The summed E-state index contributed by atoms with van der Waals surface area (Å²) >= 11 is 1.63. The van der Waals surface area contributed by atoms with Gasteiger partial charge >= 0.3 is 5.97 Å². The Morgan fingerprint density at radius 2 is 1.95 bits per heavy atom. The fraction of sp³-hybridized carbons (Fsp3) is 0.500. The van der Waals surface area contributed by atoms with Gasteiger partial charge in [-0.3, -0.25) is 0 Å². The van der Waals surface area contributed by atoms with Crippen molar-refractivity contribution in [1.29, 1.82) is 0 Å². The van der Waals surface area contributed by atoms with E-state index in [-0.39, 0.29) is 5.41 Å². The first-order valence-electron chi connectivity index (χ1n) is 6.89. The van der Waals surface area contributed by atoms with Gasteiger partial charge in [-0.2, -0.15) is 0 Å². The average Bonchev–Trinajstić information content (AvgIpc) is 2.66. The highest BCUT2D eigenvalue weighted by Crippen LogP contribution is 2.31. The van der Waals surface area contributed by atoms with Crippen molar-refractivity contribution in [2.24, 2.45) is 5.41 Å². The molecule has 114 valence electrons. The van der Waals surface area contributed by atoms with E-state index in [1.54, 1.807) is 17.4 Å². The lowest BCUT2D eigenvalue weighted by Gasteiger charge is -2.21. The van der Waals surface area contributed by atoms with Crippen molar-refractivity contribution in [2.75, 3.05) is 0 Å². The van der Waals surface area contributed by atoms with E-state index in [9.17, 15) is 4.79 Å². The van der Waals surface area contributed by atoms with Crippen LogP contribution < -0.4 is 4.74 Å². The van der Waals surface area contributed by atoms with E-state index in [0.29, 0.717) is 5.75 Å². The Bertz CT molecular complexity index is 668. The largest absolute Gasteiger partial charge is 0.478 e. The summed E-state index contributed by atoms with van der Waals surface area (Å²) in [5.74, 6) is -0.429. The Labute approximate surface area is 128 Å². The van der Waals surface area contributed by atoms with Crippen molar-refractivity contribution in [3.8, 4) is 5.75 Å². The zero-order chi connectivity index (χ0) is 15.8. The molecule has 0 aliphatic heterocycles. The summed E-state index contributed by atoms with van der Waals surface area (Å²) in [5.41, 5.74) is -0.120. The molecular weight excluding hydrogens is 286 g/mol. The quantitative estimate of drug-likeness (QED) is 0.922. The molecule has 1 aromatic heterocycles. The van der Waals surface area contributed by atoms with Crippen molar-refractivity contribution < 1.29 is 14.6 Å². The third-order valence-corrected chi connectivity index (χ3v) is 3.99. The number of carboxylic acids is 1. The van der Waals surface area contributed by atoms with E-state index in [0.717, 1.165) is 21.6 Å². The van der Waals surface area contributed by atoms with Gasteiger partial charge in [0.05, 0.1) is 15.2 Å². The van der Waals surface area contributed by atoms with Gasteiger partial charge < -0.3 is 9.84 Å². The lowest BCUT2D eigenvalue weighted by Crippen LogP contribution is -2.37. The standard InChI is InChI=1S/C16H21NO3S/c1-15(2,3)9-13-17-11-7-6-10(8-12(11)21-13)20-16(4,5)14(18)19/h6-8H,9H2,1-5H3,(H,18,19). The second kappa shape index (κ2) is 5.30. The highest BCUT2D eigenvalue weighted by Gasteiger charge is 2.29. The summed E-state index contributed by atoms with van der Waals surface area (Å²) in [5, 5.41) is 10.2. The first-order chi connectivity index (χ1) is 9.57. The average molecular weight is 307 g/mol. The number of benzene rings is 1. The van der Waals surface area contributed by atoms with Crippen molar-refractivity contribution in [2.45, 2.75) is 46.6 Å². The van der Waals surface area contributed by atoms with Crippen LogP contribution in [0.2, 0.25) is 0 Å². The molecule has 0 fully saturated rings. The van der Waals surface area contributed by atoms with E-state index >= 15 is 0 Å². The maximum Gasteiger partial charge on any atom is 0.347 e. The Kier molecular flexibility index (Phi) is 3.97. The fourth-order valence-corrected chi connectivity index (χ4v) is 3.18. The Morgan fingerprint density at radius 3 is 2.52 bits per heavy atom. The molecule has 0 unspecified atom stereocenters. The molecule has 0 spiro atoms. The van der Waals surface area contributed by atoms with E-state index in [1.807, 2.05) is 12.1 Å². The number of thiazole rings is 1. The molecule has 1 heterocycles. The number of carboxylic acid groups (broad SMARTS) is 1. The number of nitrogens with zero attached hydrogens (tertiary/aromatic N) is 1. The SMILES string of the molecule is CC(C)(C)Cc1nc2ccc(OC(C)(C)C(=O)O)cc2s1. The molecule has 0 saturated carbocycles. The van der Waals surface area contributed by atoms with Crippen molar-refractivity contribution in [3.63, 3.8) is 0 Å². The van der Waals surface area contributed by atoms with Gasteiger partial charge in [0.2, 0.25) is 0 Å². The number of hydrogen-bond donors (Lipinski definition) is 1. The minimum absolute atomic E-state index is 0.193. The smallest absolute Gasteiger partial charge is 0.347 e. The first kappa shape index (κ1) is 15.8. The van der Waals surface area contributed by atoms with Crippen LogP contribution in [0.1, 0.15) is 39.6 Å². The number of aromatic nitrogens is 1. The third-order valence-electron chi connectivity index (χ3n) is 2.97. The molecule has 5 heteroatoms. The Hall–Kier alpha value is -1.62. The number of aliphatic carboxylic acids is 1. The zero-order valence-electron chi connectivity index (χ0n) is 13.1. The summed E-state index contributed by atoms with van der Waals surface area (Å²) in [4.78, 5) is 15.7. The molecule has 4 nitrogen and oxygen atoms in total. The van der Waals surface area contributed by atoms with Crippen LogP contribution in [0.3, 0.4) is 0 Å². The molecule has 2 aromatic rings. The van der Waals surface area contributed by atoms with E-state index < -0.39 is 11.6 Å². The highest BCUT2D eigenvalue weighted by atomic mass is 32.1. The predicted octanol–water partition coefficient (Wildman–Crippen LogP) is 4.13. The summed E-state index contributed by atoms with van der Waals surface area (Å²) in [7, 11) is 0. The van der Waals surface area contributed by atoms with Crippen molar-refractivity contribution >= 4 is 27.5 Å². The number of hydrogen-bond acceptors (Lipinski definition) is 4. The minimum atomic E-state index is -1.24. The highest BCUT2D eigenvalue weighted by molar-refractivity contribution is 7.18. The topological polar surface area (TPSA) is 59.4 Å². The van der Waals surface area contributed by atoms with Crippen LogP contribution in [0.15, 0.2) is 18.2 Å². The van der Waals surface area contributed by atoms with E-state index in [4.69, 9.17) is 9.84 Å². The summed E-state index contributed by atoms with van der Waals surface area (Å²) in [6.45, 7) is 9.63. The zero-order valence-corrected chi connectivity index (χ0v) is 13.9. The van der Waals surface area contributed by atoms with Crippen LogP contribution in [-0.4, -0.2) is 21.7 Å². The van der Waals surface area contributed by atoms with Crippen LogP contribution in [0.5, 0.6) is 5.75 Å². The normalized spacial score (nSPS) is 12.6. The van der Waals surface area contributed by atoms with Crippen LogP contribution in [0.4, 0.5) is 0 Å². The maximum absolute atomic E-state index is 11.1. The monoisotopic (exact) mass is 307 g/mol. The van der Waals surface area contributed by atoms with Crippen LogP contribution in [0.25, 0.3) is 10.2 Å². The van der Waals surface area contributed by atoms with Crippen molar-refractivity contribution in [1.82, 2.24) is 4.98 Å². The fourth-order valence-electron chi connectivity index (χ4n) is 1.88. The van der Waals surface area contributed by atoms with Crippen LogP contribution >= 0.6 is 11.3 Å². The van der Waals surface area contributed by atoms with Gasteiger partial charge in [-0.25, -0.2) is 9.78 Å². The third kappa shape index (κ3) is 3.94. The molecule has 0 amide bonds. The number of rotatable bonds is 4. The molecule has 1 aromatic carbocycles. The Balaban J connectivity index is 2.28. The van der Waals surface area contributed by atoms with Gasteiger partial charge in [0.15, 0.2) is 5.60 Å². The summed E-state index contributed by atoms with van der Waals surface area (Å²) in [6, 6.07) is 5.52. The lowest BCUT2D eigenvalue weighted by atomic mass is 9.93. The number of fused-ring (bicyclic) bond motifs is 1. The van der Waals surface area contributed by atoms with Gasteiger partial charge in [0, 0.05) is 6.42 Å². The number of carbonyl (C=O) groups is 1. The van der Waals surface area contributed by atoms with E-state index in [2.05, 4.69) is 25.8 Å². The second-order valence-electron chi connectivity index (χ2n) is 6.89. The molecular formula is C16H21NO3S. The predicted molar refractivity (Wildman–Crippen MR) is 85.1 cm³/mol. The molecule has 0 radical (unpaired) electrons.